The molecule has 2 saturated heterocycles. The van der Waals surface area contributed by atoms with Gasteiger partial charge in [0.05, 0.1) is 11.6 Å². The molecule has 3 rings (SSSR count). The molecule has 0 aromatic heterocycles. The molecule has 2 N–H and O–H groups in total. The Morgan fingerprint density at radius 1 is 1.33 bits per heavy atom. The van der Waals surface area contributed by atoms with Crippen LogP contribution in [-0.2, 0) is 0 Å². The van der Waals surface area contributed by atoms with Gasteiger partial charge in [-0.25, -0.2) is 9.59 Å². The number of benzene rings is 1. The number of carboxylic acids is 1. The van der Waals surface area contributed by atoms with Gasteiger partial charge >= 0.3 is 12.0 Å². The van der Waals surface area contributed by atoms with E-state index in [1.807, 2.05) is 23.6 Å². The minimum absolute atomic E-state index is 0.0435. The molecule has 6 nitrogen and oxygen atoms in total. The van der Waals surface area contributed by atoms with Gasteiger partial charge in [-0.2, -0.15) is 0 Å². The van der Waals surface area contributed by atoms with Gasteiger partial charge in [-0.3, -0.25) is 0 Å². The van der Waals surface area contributed by atoms with Gasteiger partial charge in [-0.15, -0.1) is 0 Å². The number of carbonyl (C=O) groups excluding carboxylic acids is 1. The summed E-state index contributed by atoms with van der Waals surface area (Å²) in [7, 11) is 0. The van der Waals surface area contributed by atoms with Gasteiger partial charge in [-0.1, -0.05) is 11.8 Å². The lowest BCUT2D eigenvalue weighted by Crippen LogP contribution is -2.50. The highest BCUT2D eigenvalue weighted by Gasteiger charge is 2.44. The second-order valence-electron chi connectivity index (χ2n) is 6.64. The molecule has 24 heavy (non-hydrogen) atoms. The van der Waals surface area contributed by atoms with Crippen LogP contribution < -0.4 is 5.32 Å². The third-order valence-electron chi connectivity index (χ3n) is 4.54. The first-order valence-corrected chi connectivity index (χ1v) is 8.04. The molecule has 0 saturated carbocycles. The fraction of sp³-hybridized carbons (Fsp3) is 0.444. The third kappa shape index (κ3) is 3.08. The van der Waals surface area contributed by atoms with E-state index >= 15 is 0 Å². The van der Waals surface area contributed by atoms with Crippen LogP contribution in [0.25, 0.3) is 0 Å². The number of aromatic carboxylic acids is 1. The van der Waals surface area contributed by atoms with E-state index in [-0.39, 0.29) is 17.6 Å². The van der Waals surface area contributed by atoms with Crippen molar-refractivity contribution in [1.29, 1.82) is 0 Å². The number of carboxylic acid groups (broad SMARTS) is 1. The summed E-state index contributed by atoms with van der Waals surface area (Å²) in [6.07, 6.45) is 0. The fourth-order valence-electron chi connectivity index (χ4n) is 3.08. The summed E-state index contributed by atoms with van der Waals surface area (Å²) in [5.41, 5.74) is 0.387. The lowest BCUT2D eigenvalue weighted by atomic mass is 10.0. The maximum absolute atomic E-state index is 12.6. The Bertz CT molecular complexity index is 715. The zero-order valence-corrected chi connectivity index (χ0v) is 13.9. The SMILES string of the molecule is CC(C)(C#Cc1ccc(C(=O)O)cc1)N1C[C@@H]2CNCCN2C1=O. The molecular formula is C18H21N3O3. The minimum atomic E-state index is -0.956. The number of amides is 2. The van der Waals surface area contributed by atoms with E-state index in [0.717, 1.165) is 25.2 Å². The lowest BCUT2D eigenvalue weighted by Gasteiger charge is -2.30. The van der Waals surface area contributed by atoms with Crippen LogP contribution in [0.4, 0.5) is 4.79 Å². The summed E-state index contributed by atoms with van der Waals surface area (Å²) in [6.45, 7) is 6.94. The van der Waals surface area contributed by atoms with Crippen LogP contribution in [-0.4, -0.2) is 64.7 Å². The van der Waals surface area contributed by atoms with E-state index in [2.05, 4.69) is 17.2 Å². The highest BCUT2D eigenvalue weighted by atomic mass is 16.4. The normalized spacial score (nSPS) is 20.4. The largest absolute Gasteiger partial charge is 0.478 e. The summed E-state index contributed by atoms with van der Waals surface area (Å²) in [6, 6.07) is 6.69. The molecule has 126 valence electrons. The van der Waals surface area contributed by atoms with Crippen molar-refractivity contribution in [3.05, 3.63) is 35.4 Å². The van der Waals surface area contributed by atoms with Crippen molar-refractivity contribution in [1.82, 2.24) is 15.1 Å². The molecule has 0 spiro atoms. The second-order valence-corrected chi connectivity index (χ2v) is 6.64. The minimum Gasteiger partial charge on any atom is -0.478 e. The molecule has 2 aliphatic heterocycles. The maximum Gasteiger partial charge on any atom is 0.335 e. The van der Waals surface area contributed by atoms with Gasteiger partial charge in [0, 0.05) is 31.7 Å². The van der Waals surface area contributed by atoms with Gasteiger partial charge in [0.2, 0.25) is 0 Å². The van der Waals surface area contributed by atoms with Crippen molar-refractivity contribution in [2.75, 3.05) is 26.2 Å². The smallest absolute Gasteiger partial charge is 0.335 e. The number of hydrogen-bond donors (Lipinski definition) is 2. The van der Waals surface area contributed by atoms with E-state index in [9.17, 15) is 9.59 Å². The Kier molecular flexibility index (Phi) is 4.20. The molecule has 0 radical (unpaired) electrons. The topological polar surface area (TPSA) is 72.9 Å². The predicted octanol–water partition coefficient (Wildman–Crippen LogP) is 1.22. The van der Waals surface area contributed by atoms with Gasteiger partial charge < -0.3 is 20.2 Å². The molecule has 0 unspecified atom stereocenters. The van der Waals surface area contributed by atoms with E-state index in [4.69, 9.17) is 5.11 Å². The Morgan fingerprint density at radius 2 is 2.04 bits per heavy atom. The Hall–Kier alpha value is -2.52. The number of piperazine rings is 1. The molecule has 2 fully saturated rings. The average Bonchev–Trinajstić information content (AvgIpc) is 2.92. The molecule has 2 heterocycles. The molecule has 1 aromatic rings. The lowest BCUT2D eigenvalue weighted by molar-refractivity contribution is 0.0697. The molecule has 6 heteroatoms. The Labute approximate surface area is 141 Å². The maximum atomic E-state index is 12.6. The van der Waals surface area contributed by atoms with Crippen molar-refractivity contribution in [2.24, 2.45) is 0 Å². The fourth-order valence-corrected chi connectivity index (χ4v) is 3.08. The molecule has 0 aliphatic carbocycles. The van der Waals surface area contributed by atoms with E-state index in [1.54, 1.807) is 12.1 Å². The van der Waals surface area contributed by atoms with Crippen molar-refractivity contribution in [3.63, 3.8) is 0 Å². The number of nitrogens with zero attached hydrogens (tertiary/aromatic N) is 2. The first-order valence-electron chi connectivity index (χ1n) is 8.04. The molecule has 2 aliphatic rings. The molecular weight excluding hydrogens is 306 g/mol. The number of nitrogens with one attached hydrogen (secondary N) is 1. The molecule has 1 atom stereocenters. The van der Waals surface area contributed by atoms with Crippen LogP contribution in [0, 0.1) is 11.8 Å². The van der Waals surface area contributed by atoms with Gasteiger partial charge in [-0.05, 0) is 38.1 Å². The van der Waals surface area contributed by atoms with Crippen molar-refractivity contribution < 1.29 is 14.7 Å². The number of hydrogen-bond acceptors (Lipinski definition) is 3. The monoisotopic (exact) mass is 327 g/mol. The Morgan fingerprint density at radius 3 is 2.67 bits per heavy atom. The second kappa shape index (κ2) is 6.17. The summed E-state index contributed by atoms with van der Waals surface area (Å²) < 4.78 is 0. The van der Waals surface area contributed by atoms with E-state index in [1.165, 1.54) is 12.1 Å². The Balaban J connectivity index is 1.76. The molecule has 0 bridgehead atoms. The quantitative estimate of drug-likeness (QED) is 0.801. The van der Waals surface area contributed by atoms with E-state index < -0.39 is 11.5 Å². The van der Waals surface area contributed by atoms with Crippen molar-refractivity contribution >= 4 is 12.0 Å². The zero-order valence-electron chi connectivity index (χ0n) is 13.9. The van der Waals surface area contributed by atoms with Crippen LogP contribution in [0.2, 0.25) is 0 Å². The predicted molar refractivity (Wildman–Crippen MR) is 89.8 cm³/mol. The van der Waals surface area contributed by atoms with Crippen LogP contribution in [0.3, 0.4) is 0 Å². The number of rotatable bonds is 2. The van der Waals surface area contributed by atoms with Gasteiger partial charge in [0.15, 0.2) is 0 Å². The van der Waals surface area contributed by atoms with Crippen LogP contribution >= 0.6 is 0 Å². The standard InChI is InChI=1S/C18H21N3O3/c1-18(2,8-7-13-3-5-14(6-4-13)16(22)23)21-12-15-11-19-9-10-20(15)17(21)24/h3-6,15,19H,9-12H2,1-2H3,(H,22,23)/t15-/m0/s1. The first kappa shape index (κ1) is 16.3. The summed E-state index contributed by atoms with van der Waals surface area (Å²) in [5.74, 6) is 5.27. The molecule has 2 amide bonds. The van der Waals surface area contributed by atoms with Crippen LogP contribution in [0.15, 0.2) is 24.3 Å². The number of carbonyl (C=O) groups is 2. The number of fused-ring (bicyclic) bond motifs is 1. The van der Waals surface area contributed by atoms with Gasteiger partial charge in [0.25, 0.3) is 0 Å². The summed E-state index contributed by atoms with van der Waals surface area (Å²) in [5, 5.41) is 12.2. The highest BCUT2D eigenvalue weighted by molar-refractivity contribution is 5.87. The van der Waals surface area contributed by atoms with Crippen molar-refractivity contribution in [2.45, 2.75) is 25.4 Å². The average molecular weight is 327 g/mol. The van der Waals surface area contributed by atoms with Gasteiger partial charge in [0.1, 0.15) is 5.54 Å². The highest BCUT2D eigenvalue weighted by Crippen LogP contribution is 2.25. The van der Waals surface area contributed by atoms with Crippen LogP contribution in [0.5, 0.6) is 0 Å². The molecule has 1 aromatic carbocycles. The van der Waals surface area contributed by atoms with E-state index in [0.29, 0.717) is 6.54 Å². The van der Waals surface area contributed by atoms with Crippen molar-refractivity contribution in [3.8, 4) is 11.8 Å². The summed E-state index contributed by atoms with van der Waals surface area (Å²) in [4.78, 5) is 27.2. The van der Waals surface area contributed by atoms with Crippen LogP contribution in [0.1, 0.15) is 29.8 Å². The third-order valence-corrected chi connectivity index (χ3v) is 4.54. The zero-order chi connectivity index (χ0) is 17.3. The first-order chi connectivity index (χ1) is 11.4. The summed E-state index contributed by atoms with van der Waals surface area (Å²) >= 11 is 0. The number of urea groups is 1.